The molecule has 12 heteroatoms. The van der Waals surface area contributed by atoms with Gasteiger partial charge in [-0.2, -0.15) is 4.39 Å². The Morgan fingerprint density at radius 2 is 2.02 bits per heavy atom. The number of carboxylic acid groups (broad SMARTS) is 1. The van der Waals surface area contributed by atoms with Crippen LogP contribution in [0.5, 0.6) is 0 Å². The monoisotopic (exact) mass is 562 g/mol. The topological polar surface area (TPSA) is 113 Å². The van der Waals surface area contributed by atoms with Crippen molar-refractivity contribution in [3.8, 4) is 0 Å². The largest absolute Gasteiger partial charge is 0.465 e. The van der Waals surface area contributed by atoms with Gasteiger partial charge in [0, 0.05) is 42.2 Å². The number of thiazole rings is 1. The number of hydrogen-bond acceptors (Lipinski definition) is 7. The number of pyridine rings is 1. The summed E-state index contributed by atoms with van der Waals surface area (Å²) >= 11 is 1.37. The lowest BCUT2D eigenvalue weighted by atomic mass is 10.1. The molecule has 2 saturated heterocycles. The third kappa shape index (κ3) is 5.27. The summed E-state index contributed by atoms with van der Waals surface area (Å²) in [6, 6.07) is 14.0. The van der Waals surface area contributed by atoms with Crippen molar-refractivity contribution in [3.05, 3.63) is 89.2 Å². The molecule has 2 fully saturated rings. The number of benzene rings is 1. The lowest BCUT2D eigenvalue weighted by molar-refractivity contribution is 0.00897. The number of hydrogen-bond donors (Lipinski definition) is 2. The second kappa shape index (κ2) is 11.1. The first-order valence-corrected chi connectivity index (χ1v) is 13.8. The van der Waals surface area contributed by atoms with E-state index in [-0.39, 0.29) is 18.0 Å². The van der Waals surface area contributed by atoms with Gasteiger partial charge < -0.3 is 19.3 Å². The number of aromatic nitrogens is 3. The number of carbonyl (C=O) groups is 2. The second-order valence-corrected chi connectivity index (χ2v) is 10.6. The molecule has 2 aliphatic rings. The maximum Gasteiger partial charge on any atom is 0.412 e. The molecule has 0 spiro atoms. The lowest BCUT2D eigenvalue weighted by Gasteiger charge is -2.35. The molecule has 0 bridgehead atoms. The number of nitrogens with zero attached hydrogens (tertiary/aromatic N) is 5. The van der Waals surface area contributed by atoms with Crippen LogP contribution in [0.15, 0.2) is 66.3 Å². The molecule has 0 saturated carbocycles. The van der Waals surface area contributed by atoms with Gasteiger partial charge in [-0.3, -0.25) is 15.0 Å². The van der Waals surface area contributed by atoms with E-state index in [9.17, 15) is 19.1 Å². The zero-order valence-corrected chi connectivity index (χ0v) is 22.3. The predicted octanol–water partition coefficient (Wildman–Crippen LogP) is 5.00. The van der Waals surface area contributed by atoms with E-state index in [1.54, 1.807) is 29.0 Å². The van der Waals surface area contributed by atoms with E-state index in [4.69, 9.17) is 9.72 Å². The Morgan fingerprint density at radius 1 is 1.20 bits per heavy atom. The van der Waals surface area contributed by atoms with Crippen molar-refractivity contribution in [2.24, 2.45) is 0 Å². The van der Waals surface area contributed by atoms with Crippen molar-refractivity contribution in [2.75, 3.05) is 34.9 Å². The Morgan fingerprint density at radius 3 is 2.75 bits per heavy atom. The predicted molar refractivity (Wildman–Crippen MR) is 149 cm³/mol. The normalized spacial score (nSPS) is 17.0. The van der Waals surface area contributed by atoms with Crippen LogP contribution in [0.1, 0.15) is 40.6 Å². The molecule has 10 nitrogen and oxygen atoms in total. The summed E-state index contributed by atoms with van der Waals surface area (Å²) < 4.78 is 20.4. The fraction of sp³-hybridized carbons (Fsp3) is 0.286. The molecule has 2 N–H and O–H groups in total. The van der Waals surface area contributed by atoms with Crippen LogP contribution in [0, 0.1) is 5.95 Å². The molecule has 6 rings (SSSR count). The zero-order chi connectivity index (χ0) is 27.6. The van der Waals surface area contributed by atoms with E-state index in [2.05, 4.69) is 15.2 Å². The minimum Gasteiger partial charge on any atom is -0.465 e. The Hall–Kier alpha value is -4.29. The van der Waals surface area contributed by atoms with E-state index in [1.807, 2.05) is 29.6 Å². The van der Waals surface area contributed by atoms with Crippen molar-refractivity contribution in [3.63, 3.8) is 0 Å². The summed E-state index contributed by atoms with van der Waals surface area (Å²) in [6.45, 7) is 2.00. The first-order chi connectivity index (χ1) is 19.5. The summed E-state index contributed by atoms with van der Waals surface area (Å²) in [7, 11) is 0. The Labute approximate surface area is 233 Å². The van der Waals surface area contributed by atoms with E-state index in [0.717, 1.165) is 30.8 Å². The molecule has 206 valence electrons. The first-order valence-electron chi connectivity index (χ1n) is 13.0. The van der Waals surface area contributed by atoms with Gasteiger partial charge in [0.25, 0.3) is 5.91 Å². The highest BCUT2D eigenvalue weighted by atomic mass is 32.1. The van der Waals surface area contributed by atoms with Gasteiger partial charge in [0.05, 0.1) is 31.0 Å². The van der Waals surface area contributed by atoms with Gasteiger partial charge in [0.1, 0.15) is 5.69 Å². The van der Waals surface area contributed by atoms with Gasteiger partial charge in [-0.1, -0.05) is 0 Å². The van der Waals surface area contributed by atoms with Gasteiger partial charge in [-0.05, 0) is 66.9 Å². The van der Waals surface area contributed by atoms with Crippen LogP contribution in [-0.4, -0.2) is 57.4 Å². The fourth-order valence-electron chi connectivity index (χ4n) is 5.19. The Balaban J connectivity index is 1.13. The van der Waals surface area contributed by atoms with Gasteiger partial charge in [-0.25, -0.2) is 14.8 Å². The molecule has 0 radical (unpaired) electrons. The minimum atomic E-state index is -0.990. The summed E-state index contributed by atoms with van der Waals surface area (Å²) in [6.07, 6.45) is 4.11. The molecule has 40 heavy (non-hydrogen) atoms. The van der Waals surface area contributed by atoms with Gasteiger partial charge >= 0.3 is 6.09 Å². The zero-order valence-electron chi connectivity index (χ0n) is 21.4. The molecule has 4 aromatic rings. The molecule has 2 aliphatic heterocycles. The highest BCUT2D eigenvalue weighted by molar-refractivity contribution is 7.14. The summed E-state index contributed by atoms with van der Waals surface area (Å²) in [4.78, 5) is 36.8. The van der Waals surface area contributed by atoms with Crippen LogP contribution in [-0.2, 0) is 11.3 Å². The Bertz CT molecular complexity index is 1520. The lowest BCUT2D eigenvalue weighted by Crippen LogP contribution is -2.51. The van der Waals surface area contributed by atoms with E-state index in [0.29, 0.717) is 41.8 Å². The van der Waals surface area contributed by atoms with Crippen molar-refractivity contribution in [2.45, 2.75) is 31.5 Å². The van der Waals surface area contributed by atoms with Crippen LogP contribution in [0.3, 0.4) is 0 Å². The van der Waals surface area contributed by atoms with Crippen molar-refractivity contribution in [1.82, 2.24) is 14.5 Å². The van der Waals surface area contributed by atoms with Crippen molar-refractivity contribution >= 4 is 39.8 Å². The number of nitrogens with one attached hydrogen (secondary N) is 1. The average molecular weight is 563 g/mol. The third-order valence-electron chi connectivity index (χ3n) is 7.19. The second-order valence-electron chi connectivity index (χ2n) is 9.75. The van der Waals surface area contributed by atoms with Crippen molar-refractivity contribution in [1.29, 1.82) is 0 Å². The SMILES string of the molecule is O=C(Nc1nc(C2CCCN2c2ccc(N(C(=O)O)C3COC3)cc2)cs1)c1cccn1Cc1ccnc(F)c1. The number of rotatable bonds is 8. The quantitative estimate of drug-likeness (QED) is 0.291. The third-order valence-corrected chi connectivity index (χ3v) is 7.97. The molecule has 0 aliphatic carbocycles. The maximum atomic E-state index is 13.5. The minimum absolute atomic E-state index is 0.0498. The van der Waals surface area contributed by atoms with Crippen LogP contribution in [0.25, 0.3) is 0 Å². The molecule has 3 aromatic heterocycles. The van der Waals surface area contributed by atoms with Crippen LogP contribution < -0.4 is 15.1 Å². The Kier molecular flexibility index (Phi) is 7.18. The summed E-state index contributed by atoms with van der Waals surface area (Å²) in [5.41, 5.74) is 3.64. The molecular weight excluding hydrogens is 535 g/mol. The highest BCUT2D eigenvalue weighted by Crippen LogP contribution is 2.38. The smallest absolute Gasteiger partial charge is 0.412 e. The van der Waals surface area contributed by atoms with Crippen LogP contribution in [0.4, 0.5) is 25.7 Å². The summed E-state index contributed by atoms with van der Waals surface area (Å²) in [5.74, 6) is -0.854. The molecule has 1 atom stereocenters. The molecule has 2 amide bonds. The van der Waals surface area contributed by atoms with Gasteiger partial charge in [0.15, 0.2) is 5.13 Å². The van der Waals surface area contributed by atoms with Crippen LogP contribution >= 0.6 is 11.3 Å². The van der Waals surface area contributed by atoms with E-state index >= 15 is 0 Å². The number of halogens is 1. The fourth-order valence-corrected chi connectivity index (χ4v) is 5.94. The molecular formula is C28H27FN6O4S. The average Bonchev–Trinajstić information content (AvgIpc) is 3.67. The highest BCUT2D eigenvalue weighted by Gasteiger charge is 2.32. The summed E-state index contributed by atoms with van der Waals surface area (Å²) in [5, 5.41) is 15.0. The first kappa shape index (κ1) is 26.0. The number of ether oxygens (including phenoxy) is 1. The molecule has 1 unspecified atom stereocenters. The number of amides is 2. The number of carbonyl (C=O) groups excluding carboxylic acids is 1. The standard InChI is InChI=1S/C28H27FN6O4S/c29-25-13-18(9-10-30-25)14-33-11-1-4-24(33)26(36)32-27-31-22(17-40-27)23-3-2-12-34(23)19-5-7-20(8-6-19)35(28(37)38)21-15-39-16-21/h1,4-11,13,17,21,23H,2-3,12,14-16H2,(H,37,38)(H,31,32,36). The van der Waals surface area contributed by atoms with Crippen molar-refractivity contribution < 1.29 is 23.8 Å². The van der Waals surface area contributed by atoms with E-state index in [1.165, 1.54) is 28.5 Å². The molecule has 5 heterocycles. The maximum absolute atomic E-state index is 13.5. The van der Waals surface area contributed by atoms with Gasteiger partial charge in [-0.15, -0.1) is 11.3 Å². The van der Waals surface area contributed by atoms with Gasteiger partial charge in [0.2, 0.25) is 5.95 Å². The molecule has 1 aromatic carbocycles. The van der Waals surface area contributed by atoms with E-state index < -0.39 is 12.0 Å². The number of anilines is 3. The van der Waals surface area contributed by atoms with Crippen LogP contribution in [0.2, 0.25) is 0 Å².